The molecule has 4 aromatic carbocycles. The SMILES string of the molecule is Cc1ccc(S(=O)(=O)N(c2ccccc2)c2n[nH]c3c2C=CC(c2cccc(N(C)C)c2)(c2cccc(N(C)C)c2)C3)cc1. The lowest BCUT2D eigenvalue weighted by Gasteiger charge is -2.36. The molecule has 0 spiro atoms. The molecule has 1 heterocycles. The molecule has 5 aromatic rings. The minimum absolute atomic E-state index is 0.207. The Morgan fingerprint density at radius 2 is 1.30 bits per heavy atom. The average Bonchev–Trinajstić information content (AvgIpc) is 3.44. The molecule has 1 N–H and O–H groups in total. The van der Waals surface area contributed by atoms with Gasteiger partial charge >= 0.3 is 0 Å². The van der Waals surface area contributed by atoms with Gasteiger partial charge in [0.1, 0.15) is 0 Å². The lowest BCUT2D eigenvalue weighted by molar-refractivity contribution is 0.595. The van der Waals surface area contributed by atoms with E-state index in [0.29, 0.717) is 17.9 Å². The van der Waals surface area contributed by atoms with Crippen LogP contribution in [-0.2, 0) is 21.9 Å². The highest BCUT2D eigenvalue weighted by molar-refractivity contribution is 7.93. The zero-order valence-electron chi connectivity index (χ0n) is 25.7. The molecule has 0 aliphatic heterocycles. The molecule has 44 heavy (non-hydrogen) atoms. The summed E-state index contributed by atoms with van der Waals surface area (Å²) in [6.45, 7) is 1.94. The molecule has 1 aromatic heterocycles. The molecule has 0 fully saturated rings. The standard InChI is InChI=1S/C36H37N5O2S/c1-26-17-19-32(20-18-26)44(42,43)41(29-13-7-6-8-14-29)35-33-21-22-36(25-34(33)37-38-35,27-11-9-15-30(23-27)39(2)3)28-12-10-16-31(24-28)40(4)5/h6-24H,25H2,1-5H3,(H,37,38). The van der Waals surface area contributed by atoms with Crippen LogP contribution in [0.2, 0.25) is 0 Å². The Kier molecular flexibility index (Phi) is 7.55. The number of para-hydroxylation sites is 1. The first-order valence-electron chi connectivity index (χ1n) is 14.6. The van der Waals surface area contributed by atoms with E-state index in [1.165, 1.54) is 4.31 Å². The summed E-state index contributed by atoms with van der Waals surface area (Å²) in [5, 5.41) is 7.93. The lowest BCUT2D eigenvalue weighted by Crippen LogP contribution is -2.32. The monoisotopic (exact) mass is 603 g/mol. The predicted molar refractivity (Wildman–Crippen MR) is 181 cm³/mol. The highest BCUT2D eigenvalue weighted by Crippen LogP contribution is 2.46. The van der Waals surface area contributed by atoms with Gasteiger partial charge in [-0.25, -0.2) is 12.7 Å². The van der Waals surface area contributed by atoms with E-state index in [1.54, 1.807) is 24.3 Å². The second-order valence-electron chi connectivity index (χ2n) is 11.7. The highest BCUT2D eigenvalue weighted by atomic mass is 32.2. The van der Waals surface area contributed by atoms with Crippen molar-refractivity contribution in [2.75, 3.05) is 42.3 Å². The fourth-order valence-electron chi connectivity index (χ4n) is 5.84. The number of nitrogens with one attached hydrogen (secondary N) is 1. The number of aryl methyl sites for hydroxylation is 1. The van der Waals surface area contributed by atoms with Crippen molar-refractivity contribution in [3.05, 3.63) is 137 Å². The van der Waals surface area contributed by atoms with Gasteiger partial charge in [0.25, 0.3) is 10.0 Å². The smallest absolute Gasteiger partial charge is 0.269 e. The molecule has 0 saturated heterocycles. The molecule has 224 valence electrons. The molecule has 0 unspecified atom stereocenters. The Hall–Kier alpha value is -4.82. The van der Waals surface area contributed by atoms with Crippen LogP contribution in [-0.4, -0.2) is 46.8 Å². The number of rotatable bonds is 8. The van der Waals surface area contributed by atoms with E-state index in [9.17, 15) is 8.42 Å². The van der Waals surface area contributed by atoms with Crippen molar-refractivity contribution in [1.29, 1.82) is 0 Å². The molecule has 0 bridgehead atoms. The summed E-state index contributed by atoms with van der Waals surface area (Å²) in [5.41, 5.74) is 7.12. The van der Waals surface area contributed by atoms with Crippen molar-refractivity contribution in [2.45, 2.75) is 23.7 Å². The van der Waals surface area contributed by atoms with Gasteiger partial charge in [0.2, 0.25) is 0 Å². The fourth-order valence-corrected chi connectivity index (χ4v) is 7.30. The summed E-state index contributed by atoms with van der Waals surface area (Å²) in [6, 6.07) is 33.2. The Bertz CT molecular complexity index is 1880. The number of allylic oxidation sites excluding steroid dienone is 1. The number of aromatic nitrogens is 2. The van der Waals surface area contributed by atoms with Crippen LogP contribution in [0.5, 0.6) is 0 Å². The topological polar surface area (TPSA) is 72.5 Å². The normalized spacial score (nSPS) is 13.8. The Morgan fingerprint density at radius 3 is 1.86 bits per heavy atom. The van der Waals surface area contributed by atoms with Crippen LogP contribution in [0.4, 0.5) is 22.9 Å². The number of hydrogen-bond acceptors (Lipinski definition) is 5. The van der Waals surface area contributed by atoms with Gasteiger partial charge in [0, 0.05) is 62.7 Å². The third-order valence-electron chi connectivity index (χ3n) is 8.35. The maximum atomic E-state index is 14.2. The molecule has 8 heteroatoms. The van der Waals surface area contributed by atoms with Crippen LogP contribution in [0, 0.1) is 6.92 Å². The van der Waals surface area contributed by atoms with Gasteiger partial charge < -0.3 is 9.80 Å². The minimum atomic E-state index is -3.98. The first kappa shape index (κ1) is 29.3. The third kappa shape index (κ3) is 5.15. The summed E-state index contributed by atoms with van der Waals surface area (Å²) in [5.74, 6) is 0.348. The number of benzene rings is 4. The van der Waals surface area contributed by atoms with Crippen LogP contribution in [0.3, 0.4) is 0 Å². The van der Waals surface area contributed by atoms with Crippen molar-refractivity contribution < 1.29 is 8.42 Å². The Balaban J connectivity index is 1.52. The number of H-pyrrole nitrogens is 1. The van der Waals surface area contributed by atoms with E-state index in [1.807, 2.05) is 71.5 Å². The van der Waals surface area contributed by atoms with E-state index in [0.717, 1.165) is 39.3 Å². The van der Waals surface area contributed by atoms with Gasteiger partial charge in [-0.1, -0.05) is 72.3 Å². The van der Waals surface area contributed by atoms with Gasteiger partial charge in [0.15, 0.2) is 5.82 Å². The second-order valence-corrected chi connectivity index (χ2v) is 13.5. The van der Waals surface area contributed by atoms with Gasteiger partial charge in [-0.3, -0.25) is 5.10 Å². The van der Waals surface area contributed by atoms with Gasteiger partial charge in [-0.15, -0.1) is 0 Å². The summed E-state index contributed by atoms with van der Waals surface area (Å²) < 4.78 is 29.8. The predicted octanol–water partition coefficient (Wildman–Crippen LogP) is 6.93. The van der Waals surface area contributed by atoms with E-state index >= 15 is 0 Å². The van der Waals surface area contributed by atoms with E-state index < -0.39 is 15.4 Å². The number of anilines is 4. The number of hydrogen-bond donors (Lipinski definition) is 1. The van der Waals surface area contributed by atoms with Gasteiger partial charge in [0.05, 0.1) is 10.6 Å². The summed E-state index contributed by atoms with van der Waals surface area (Å²) in [6.07, 6.45) is 4.81. The van der Waals surface area contributed by atoms with Crippen LogP contribution >= 0.6 is 0 Å². The largest absolute Gasteiger partial charge is 0.378 e. The summed E-state index contributed by atoms with van der Waals surface area (Å²) in [7, 11) is 4.19. The summed E-state index contributed by atoms with van der Waals surface area (Å²) in [4.78, 5) is 4.42. The van der Waals surface area contributed by atoms with E-state index in [-0.39, 0.29) is 4.90 Å². The molecule has 1 aliphatic carbocycles. The summed E-state index contributed by atoms with van der Waals surface area (Å²) >= 11 is 0. The average molecular weight is 604 g/mol. The molecule has 0 atom stereocenters. The number of aromatic amines is 1. The van der Waals surface area contributed by atoms with Crippen LogP contribution < -0.4 is 14.1 Å². The van der Waals surface area contributed by atoms with E-state index in [4.69, 9.17) is 0 Å². The molecule has 6 rings (SSSR count). The fraction of sp³-hybridized carbons (Fsp3) is 0.194. The van der Waals surface area contributed by atoms with Crippen molar-refractivity contribution >= 4 is 39.0 Å². The molecule has 7 nitrogen and oxygen atoms in total. The van der Waals surface area contributed by atoms with Gasteiger partial charge in [-0.05, 0) is 66.6 Å². The van der Waals surface area contributed by atoms with Crippen molar-refractivity contribution in [3.63, 3.8) is 0 Å². The number of sulfonamides is 1. The first-order valence-corrected chi connectivity index (χ1v) is 16.0. The molecular formula is C36H37N5O2S. The minimum Gasteiger partial charge on any atom is -0.378 e. The molecule has 0 radical (unpaired) electrons. The zero-order chi connectivity index (χ0) is 31.1. The highest BCUT2D eigenvalue weighted by Gasteiger charge is 2.39. The second kappa shape index (κ2) is 11.4. The van der Waals surface area contributed by atoms with Crippen LogP contribution in [0.25, 0.3) is 6.08 Å². The van der Waals surface area contributed by atoms with Crippen molar-refractivity contribution in [2.24, 2.45) is 0 Å². The zero-order valence-corrected chi connectivity index (χ0v) is 26.5. The molecular weight excluding hydrogens is 566 g/mol. The quantitative estimate of drug-likeness (QED) is 0.208. The molecule has 1 aliphatic rings. The lowest BCUT2D eigenvalue weighted by atomic mass is 9.68. The van der Waals surface area contributed by atoms with Crippen molar-refractivity contribution in [3.8, 4) is 0 Å². The van der Waals surface area contributed by atoms with Gasteiger partial charge in [-0.2, -0.15) is 5.10 Å². The maximum Gasteiger partial charge on any atom is 0.269 e. The van der Waals surface area contributed by atoms with Crippen LogP contribution in [0.15, 0.2) is 114 Å². The molecule has 0 amide bonds. The number of nitrogens with zero attached hydrogens (tertiary/aromatic N) is 4. The van der Waals surface area contributed by atoms with Crippen LogP contribution in [0.1, 0.15) is 27.9 Å². The maximum absolute atomic E-state index is 14.2. The third-order valence-corrected chi connectivity index (χ3v) is 10.1. The first-order chi connectivity index (χ1) is 21.1. The van der Waals surface area contributed by atoms with E-state index in [2.05, 4.69) is 74.6 Å². The van der Waals surface area contributed by atoms with Crippen molar-refractivity contribution in [1.82, 2.24) is 10.2 Å². The Labute approximate surface area is 260 Å². The number of fused-ring (bicyclic) bond motifs is 1. The Morgan fingerprint density at radius 1 is 0.727 bits per heavy atom. The molecule has 0 saturated carbocycles.